The van der Waals surface area contributed by atoms with E-state index >= 15 is 0 Å². The maximum absolute atomic E-state index is 14.9. The van der Waals surface area contributed by atoms with Crippen LogP contribution in [0.15, 0.2) is 67.0 Å². The molecule has 290 valence electrons. The number of carbonyl (C=O) groups excluding carboxylic acids is 3. The summed E-state index contributed by atoms with van der Waals surface area (Å²) in [5.41, 5.74) is 3.13. The highest BCUT2D eigenvalue weighted by Gasteiger charge is 2.56. The number of imide groups is 1. The molecule has 3 fully saturated rings. The highest BCUT2D eigenvalue weighted by atomic mass is 19.3. The zero-order chi connectivity index (χ0) is 38.7. The predicted octanol–water partition coefficient (Wildman–Crippen LogP) is 5.22. The number of fused-ring (bicyclic) bond motifs is 4. The molecule has 5 aliphatic heterocycles. The molecular weight excluding hydrogens is 727 g/mol. The van der Waals surface area contributed by atoms with Gasteiger partial charge in [-0.05, 0) is 73.2 Å². The Morgan fingerprint density at radius 2 is 1.82 bits per heavy atom. The van der Waals surface area contributed by atoms with Crippen molar-refractivity contribution in [2.45, 2.75) is 75.2 Å². The molecule has 0 aliphatic carbocycles. The van der Waals surface area contributed by atoms with E-state index in [0.717, 1.165) is 48.7 Å². The summed E-state index contributed by atoms with van der Waals surface area (Å²) in [6, 6.07) is 14.9. The van der Waals surface area contributed by atoms with E-state index < -0.39 is 41.6 Å². The van der Waals surface area contributed by atoms with Crippen LogP contribution in [0.4, 0.5) is 24.7 Å². The Bertz CT molecular complexity index is 2220. The molecule has 7 heterocycles. The second-order valence-corrected chi connectivity index (χ2v) is 15.4. The SMILES string of the molecule is O=C1CC[C@H](N2Cc3ccc(C4CCN(Cc5ccc(O[C@H]6CN7c8cc(-c9cccc(F)c9O)cnc8NC[C@@]7(C(F)F)C6)nc5)CC4)cc3C2=O)C(=O)N1. The van der Waals surface area contributed by atoms with Crippen LogP contribution in [0, 0.1) is 5.82 Å². The largest absolute Gasteiger partial charge is 0.504 e. The summed E-state index contributed by atoms with van der Waals surface area (Å²) in [6.07, 6.45) is 2.38. The number of benzene rings is 2. The molecule has 9 rings (SSSR count). The van der Waals surface area contributed by atoms with Gasteiger partial charge in [0.05, 0.1) is 12.2 Å². The van der Waals surface area contributed by atoms with Crippen LogP contribution >= 0.6 is 0 Å². The first-order chi connectivity index (χ1) is 27.1. The number of phenolic OH excluding ortho intramolecular Hbond substituents is 1. The zero-order valence-electron chi connectivity index (χ0n) is 30.4. The molecular formula is C41H40F3N7O5. The molecule has 3 saturated heterocycles. The first-order valence-corrected chi connectivity index (χ1v) is 19.0. The maximum Gasteiger partial charge on any atom is 0.263 e. The molecule has 3 amide bonds. The highest BCUT2D eigenvalue weighted by Crippen LogP contribution is 2.47. The number of pyridine rings is 2. The van der Waals surface area contributed by atoms with E-state index in [9.17, 15) is 32.7 Å². The van der Waals surface area contributed by atoms with Gasteiger partial charge in [0.15, 0.2) is 11.6 Å². The molecule has 5 aliphatic rings. The monoisotopic (exact) mass is 767 g/mol. The Morgan fingerprint density at radius 3 is 2.59 bits per heavy atom. The fourth-order valence-corrected chi connectivity index (χ4v) is 9.00. The van der Waals surface area contributed by atoms with Gasteiger partial charge >= 0.3 is 0 Å². The summed E-state index contributed by atoms with van der Waals surface area (Å²) in [5.74, 6) is -1.13. The van der Waals surface area contributed by atoms with E-state index in [1.165, 1.54) is 12.3 Å². The van der Waals surface area contributed by atoms with Gasteiger partial charge in [0.1, 0.15) is 23.5 Å². The molecule has 0 spiro atoms. The minimum Gasteiger partial charge on any atom is -0.504 e. The molecule has 0 saturated carbocycles. The third kappa shape index (κ3) is 6.36. The second-order valence-electron chi connectivity index (χ2n) is 15.4. The van der Waals surface area contributed by atoms with Crippen molar-refractivity contribution in [3.8, 4) is 22.8 Å². The molecule has 3 N–H and O–H groups in total. The molecule has 2 aromatic heterocycles. The van der Waals surface area contributed by atoms with Crippen LogP contribution in [-0.4, -0.2) is 92.9 Å². The van der Waals surface area contributed by atoms with Gasteiger partial charge < -0.3 is 25.0 Å². The Labute approximate surface area is 320 Å². The van der Waals surface area contributed by atoms with Gasteiger partial charge in [-0.1, -0.05) is 30.3 Å². The normalized spacial score (nSPS) is 23.8. The Balaban J connectivity index is 0.811. The number of carbonyl (C=O) groups is 3. The van der Waals surface area contributed by atoms with E-state index in [0.29, 0.717) is 53.9 Å². The third-order valence-corrected chi connectivity index (χ3v) is 12.0. The molecule has 0 unspecified atom stereocenters. The number of aromatic nitrogens is 2. The molecule has 0 radical (unpaired) electrons. The Kier molecular flexibility index (Phi) is 9.06. The number of anilines is 2. The summed E-state index contributed by atoms with van der Waals surface area (Å²) in [5, 5.41) is 15.7. The predicted molar refractivity (Wildman–Crippen MR) is 199 cm³/mol. The van der Waals surface area contributed by atoms with Gasteiger partial charge in [-0.3, -0.25) is 24.6 Å². The number of rotatable bonds is 8. The standard InChI is InChI=1S/C41H40F3N7O5/c42-31-3-1-2-29(36(31)53)27-15-33-37(46-18-27)47-22-41(40(43)44)16-28(21-51(33)41)56-35-9-4-23(17-45-35)19-49-12-10-24(11-13-49)25-5-6-26-20-50(39(55)30(26)14-25)32-7-8-34(52)48-38(32)54/h1-6,9,14-15,17-18,24,28,32,40,53H,7-8,10-13,16,19-22H2,(H,46,47)(H,48,52,54)/t28-,32+,41-/m1/s1. The first-order valence-electron chi connectivity index (χ1n) is 19.0. The number of piperidine rings is 2. The summed E-state index contributed by atoms with van der Waals surface area (Å²) in [4.78, 5) is 51.9. The van der Waals surface area contributed by atoms with Crippen molar-refractivity contribution in [3.05, 3.63) is 95.1 Å². The fraction of sp³-hybridized carbons (Fsp3) is 0.390. The van der Waals surface area contributed by atoms with Crippen LogP contribution in [-0.2, 0) is 22.7 Å². The molecule has 12 nitrogen and oxygen atoms in total. The topological polar surface area (TPSA) is 140 Å². The van der Waals surface area contributed by atoms with Crippen molar-refractivity contribution in [3.63, 3.8) is 0 Å². The number of amides is 3. The Hall–Kier alpha value is -5.70. The van der Waals surface area contributed by atoms with Crippen LogP contribution < -0.4 is 20.3 Å². The summed E-state index contributed by atoms with van der Waals surface area (Å²) < 4.78 is 50.1. The third-order valence-electron chi connectivity index (χ3n) is 12.0. The number of phenols is 1. The van der Waals surface area contributed by atoms with Crippen molar-refractivity contribution in [1.29, 1.82) is 0 Å². The molecule has 0 bridgehead atoms. The van der Waals surface area contributed by atoms with Crippen molar-refractivity contribution in [1.82, 2.24) is 25.1 Å². The van der Waals surface area contributed by atoms with Crippen molar-refractivity contribution >= 4 is 29.2 Å². The molecule has 4 aromatic rings. The van der Waals surface area contributed by atoms with Crippen LogP contribution in [0.3, 0.4) is 0 Å². The first kappa shape index (κ1) is 36.0. The fourth-order valence-electron chi connectivity index (χ4n) is 9.00. The van der Waals surface area contributed by atoms with E-state index in [1.807, 2.05) is 18.2 Å². The average molecular weight is 768 g/mol. The molecule has 15 heteroatoms. The number of aromatic hydroxyl groups is 1. The van der Waals surface area contributed by atoms with Gasteiger partial charge in [0.2, 0.25) is 17.7 Å². The quantitative estimate of drug-likeness (QED) is 0.205. The van der Waals surface area contributed by atoms with Crippen molar-refractivity contribution < 1.29 is 37.4 Å². The van der Waals surface area contributed by atoms with Gasteiger partial charge in [-0.25, -0.2) is 23.1 Å². The minimum absolute atomic E-state index is 0.0358. The van der Waals surface area contributed by atoms with E-state index in [4.69, 9.17) is 4.74 Å². The number of likely N-dealkylation sites (tertiary alicyclic amines) is 1. The number of alkyl halides is 2. The van der Waals surface area contributed by atoms with Crippen molar-refractivity contribution in [2.24, 2.45) is 0 Å². The number of para-hydroxylation sites is 1. The highest BCUT2D eigenvalue weighted by molar-refractivity contribution is 6.05. The maximum atomic E-state index is 14.9. The smallest absolute Gasteiger partial charge is 0.263 e. The molecule has 3 atom stereocenters. The molecule has 56 heavy (non-hydrogen) atoms. The Morgan fingerprint density at radius 1 is 0.982 bits per heavy atom. The lowest BCUT2D eigenvalue weighted by Crippen LogP contribution is -2.57. The average Bonchev–Trinajstić information content (AvgIpc) is 3.74. The zero-order valence-corrected chi connectivity index (χ0v) is 30.4. The van der Waals surface area contributed by atoms with Crippen molar-refractivity contribution in [2.75, 3.05) is 36.4 Å². The minimum atomic E-state index is -2.71. The number of nitrogens with one attached hydrogen (secondary N) is 2. The number of hydrogen-bond donors (Lipinski definition) is 3. The van der Waals surface area contributed by atoms with Crippen LogP contribution in [0.25, 0.3) is 11.1 Å². The number of nitrogens with zero attached hydrogens (tertiary/aromatic N) is 5. The van der Waals surface area contributed by atoms with E-state index in [1.54, 1.807) is 34.2 Å². The lowest BCUT2D eigenvalue weighted by molar-refractivity contribution is -0.136. The number of hydrogen-bond acceptors (Lipinski definition) is 10. The van der Waals surface area contributed by atoms with E-state index in [2.05, 4.69) is 31.6 Å². The van der Waals surface area contributed by atoms with Crippen LogP contribution in [0.5, 0.6) is 11.6 Å². The van der Waals surface area contributed by atoms with Gasteiger partial charge in [0.25, 0.3) is 12.3 Å². The van der Waals surface area contributed by atoms with Gasteiger partial charge in [0, 0.05) is 67.6 Å². The lowest BCUT2D eigenvalue weighted by atomic mass is 9.87. The van der Waals surface area contributed by atoms with Crippen LogP contribution in [0.2, 0.25) is 0 Å². The van der Waals surface area contributed by atoms with Gasteiger partial charge in [-0.15, -0.1) is 0 Å². The second kappa shape index (κ2) is 14.1. The summed E-state index contributed by atoms with van der Waals surface area (Å²) >= 11 is 0. The summed E-state index contributed by atoms with van der Waals surface area (Å²) in [6.45, 7) is 2.89. The number of ether oxygens (including phenoxy) is 1. The number of halogens is 3. The molecule has 2 aromatic carbocycles. The van der Waals surface area contributed by atoms with E-state index in [-0.39, 0.29) is 43.3 Å². The summed E-state index contributed by atoms with van der Waals surface area (Å²) in [7, 11) is 0. The van der Waals surface area contributed by atoms with Gasteiger partial charge in [-0.2, -0.15) is 0 Å². The lowest BCUT2D eigenvalue weighted by Gasteiger charge is -2.43. The van der Waals surface area contributed by atoms with Crippen LogP contribution in [0.1, 0.15) is 65.1 Å².